The van der Waals surface area contributed by atoms with E-state index >= 15 is 0 Å². The third-order valence-electron chi connectivity index (χ3n) is 6.64. The molecule has 0 fully saturated rings. The fourth-order valence-electron chi connectivity index (χ4n) is 4.43. The smallest absolute Gasteiger partial charge is 0.810 e. The van der Waals surface area contributed by atoms with E-state index in [1.54, 1.807) is 60.7 Å². The molecule has 2 unspecified atom stereocenters. The molecule has 0 heterocycles. The van der Waals surface area contributed by atoms with Gasteiger partial charge in [-0.2, -0.15) is 0 Å². The van der Waals surface area contributed by atoms with Crippen molar-refractivity contribution in [2.24, 2.45) is 0 Å². The van der Waals surface area contributed by atoms with Gasteiger partial charge in [0.2, 0.25) is 0 Å². The fourth-order valence-corrected chi connectivity index (χ4v) is 5.20. The molecule has 0 N–H and O–H groups in total. The molecule has 0 aromatic heterocycles. The van der Waals surface area contributed by atoms with Crippen molar-refractivity contribution < 1.29 is 192 Å². The van der Waals surface area contributed by atoms with Crippen molar-refractivity contribution in [2.75, 3.05) is 58.8 Å². The third kappa shape index (κ3) is 24.1. The average Bonchev–Trinajstić information content (AvgIpc) is 2.97. The molecule has 259 valence electrons. The summed E-state index contributed by atoms with van der Waals surface area (Å²) in [4.78, 5) is 72.8. The average molecular weight is 890 g/mol. The maximum atomic E-state index is 11.9. The molecular weight excluding hydrogens is 856 g/mol. The Hall–Kier alpha value is 0.595. The SMILES string of the molecule is O=C([O-])CN(CCN(CCN(CC(=O)[O-])C(COCc1ccccc1)C(=O)[O-])CP(=O)([O-])[O-])C(COCc1ccccc1)C(=O)[O-].[Gd+3].[Na+].[Na+].[Na+]. The second-order valence-corrected chi connectivity index (χ2v) is 11.7. The number of rotatable bonds is 24. The van der Waals surface area contributed by atoms with Crippen molar-refractivity contribution in [1.29, 1.82) is 0 Å². The van der Waals surface area contributed by atoms with Gasteiger partial charge >= 0.3 is 129 Å². The summed E-state index contributed by atoms with van der Waals surface area (Å²) in [5.74, 6) is -6.70. The van der Waals surface area contributed by atoms with Crippen molar-refractivity contribution in [3.05, 3.63) is 71.8 Å². The van der Waals surface area contributed by atoms with E-state index in [1.165, 1.54) is 0 Å². The molecule has 0 saturated carbocycles. The molecule has 0 aliphatic heterocycles. The van der Waals surface area contributed by atoms with E-state index in [9.17, 15) is 54.0 Å². The summed E-state index contributed by atoms with van der Waals surface area (Å²) in [6, 6.07) is 14.1. The molecular formula is C29H34GdN3Na3O13P. The van der Waals surface area contributed by atoms with Crippen LogP contribution in [0.15, 0.2) is 60.7 Å². The minimum Gasteiger partial charge on any atom is -0.810 e. The maximum absolute atomic E-state index is 11.9. The molecule has 0 bridgehead atoms. The molecule has 50 heavy (non-hydrogen) atoms. The van der Waals surface area contributed by atoms with E-state index in [1.807, 2.05) is 0 Å². The summed E-state index contributed by atoms with van der Waals surface area (Å²) in [6.07, 6.45) is -1.12. The van der Waals surface area contributed by atoms with Gasteiger partial charge < -0.3 is 63.4 Å². The summed E-state index contributed by atoms with van der Waals surface area (Å²) in [7, 11) is -5.26. The van der Waals surface area contributed by atoms with Crippen molar-refractivity contribution in [3.63, 3.8) is 0 Å². The zero-order valence-electron chi connectivity index (χ0n) is 28.2. The van der Waals surface area contributed by atoms with Gasteiger partial charge in [-0.15, -0.1) is 0 Å². The number of nitrogens with zero attached hydrogens (tertiary/aromatic N) is 3. The summed E-state index contributed by atoms with van der Waals surface area (Å²) in [5.41, 5.74) is 1.42. The van der Waals surface area contributed by atoms with Crippen molar-refractivity contribution in [1.82, 2.24) is 14.7 Å². The van der Waals surface area contributed by atoms with Gasteiger partial charge in [0.25, 0.3) is 0 Å². The zero-order chi connectivity index (χ0) is 34.1. The Labute approximate surface area is 388 Å². The number of carbonyl (C=O) groups is 4. The molecule has 0 aliphatic rings. The zero-order valence-corrected chi connectivity index (χ0v) is 37.3. The first kappa shape index (κ1) is 54.9. The molecule has 1 radical (unpaired) electrons. The number of aliphatic carboxylic acids is 4. The van der Waals surface area contributed by atoms with Crippen LogP contribution in [0.1, 0.15) is 11.1 Å². The molecule has 0 aliphatic carbocycles. The minimum absolute atomic E-state index is 0. The van der Waals surface area contributed by atoms with Crippen LogP contribution in [0, 0.1) is 39.9 Å². The van der Waals surface area contributed by atoms with Gasteiger partial charge in [0.1, 0.15) is 0 Å². The van der Waals surface area contributed by atoms with E-state index in [0.717, 1.165) is 14.7 Å². The van der Waals surface area contributed by atoms with Crippen LogP contribution < -0.4 is 119 Å². The van der Waals surface area contributed by atoms with Crippen LogP contribution in [0.3, 0.4) is 0 Å². The van der Waals surface area contributed by atoms with E-state index in [4.69, 9.17) is 9.47 Å². The summed E-state index contributed by atoms with van der Waals surface area (Å²) in [6.45, 7) is -4.58. The van der Waals surface area contributed by atoms with Crippen LogP contribution in [-0.2, 0) is 46.4 Å². The second-order valence-electron chi connectivity index (χ2n) is 10.2. The Kier molecular flexibility index (Phi) is 32.8. The Morgan fingerprint density at radius 3 is 1.24 bits per heavy atom. The quantitative estimate of drug-likeness (QED) is 0.0701. The number of hydrogen-bond acceptors (Lipinski definition) is 16. The number of carboxylic acid groups (broad SMARTS) is 4. The van der Waals surface area contributed by atoms with Crippen molar-refractivity contribution >= 4 is 31.5 Å². The molecule has 16 nitrogen and oxygen atoms in total. The molecule has 0 amide bonds. The van der Waals surface area contributed by atoms with Crippen molar-refractivity contribution in [2.45, 2.75) is 25.3 Å². The fraction of sp³-hybridized carbons (Fsp3) is 0.448. The largest absolute Gasteiger partial charge is 3.00 e. The Balaban J connectivity index is -0.00000552. The summed E-state index contributed by atoms with van der Waals surface area (Å²) >= 11 is 0. The molecule has 2 rings (SSSR count). The van der Waals surface area contributed by atoms with Gasteiger partial charge in [-0.1, -0.05) is 68.3 Å². The molecule has 0 spiro atoms. The molecule has 0 saturated heterocycles. The number of hydrogen-bond donors (Lipinski definition) is 0. The van der Waals surface area contributed by atoms with Crippen LogP contribution in [0.5, 0.6) is 0 Å². The van der Waals surface area contributed by atoms with Crippen LogP contribution >= 0.6 is 7.60 Å². The van der Waals surface area contributed by atoms with E-state index in [2.05, 4.69) is 0 Å². The predicted molar refractivity (Wildman–Crippen MR) is 147 cm³/mol. The van der Waals surface area contributed by atoms with E-state index in [0.29, 0.717) is 11.1 Å². The van der Waals surface area contributed by atoms with Crippen LogP contribution in [0.25, 0.3) is 0 Å². The first-order valence-corrected chi connectivity index (χ1v) is 15.7. The predicted octanol–water partition coefficient (Wildman–Crippen LogP) is -15.1. The number of carboxylic acids is 4. The maximum Gasteiger partial charge on any atom is 3.00 e. The van der Waals surface area contributed by atoms with E-state index in [-0.39, 0.29) is 142 Å². The monoisotopic (exact) mass is 890 g/mol. The first-order valence-electron chi connectivity index (χ1n) is 14.0. The van der Waals surface area contributed by atoms with Gasteiger partial charge in [-0.3, -0.25) is 14.7 Å². The first-order chi connectivity index (χ1) is 21.7. The Morgan fingerprint density at radius 2 is 0.960 bits per heavy atom. The topological polar surface area (TPSA) is 252 Å². The van der Waals surface area contributed by atoms with Gasteiger partial charge in [0.05, 0.1) is 62.4 Å². The normalized spacial score (nSPS) is 12.1. The Bertz CT molecular complexity index is 1230. The van der Waals surface area contributed by atoms with Crippen molar-refractivity contribution in [3.8, 4) is 0 Å². The summed E-state index contributed by atoms with van der Waals surface area (Å²) in [5, 5.41) is 46.7. The Morgan fingerprint density at radius 1 is 0.620 bits per heavy atom. The van der Waals surface area contributed by atoms with Gasteiger partial charge in [0.15, 0.2) is 0 Å². The molecule has 21 heteroatoms. The number of benzene rings is 2. The number of ether oxygens (including phenoxy) is 2. The second kappa shape index (κ2) is 29.9. The molecule has 2 aromatic rings. The van der Waals surface area contributed by atoms with Gasteiger partial charge in [-0.05, 0) is 11.1 Å². The molecule has 2 atom stereocenters. The minimum atomic E-state index is -5.26. The third-order valence-corrected chi connectivity index (χ3v) is 7.39. The summed E-state index contributed by atoms with van der Waals surface area (Å²) < 4.78 is 22.6. The van der Waals surface area contributed by atoms with E-state index < -0.39 is 102 Å². The van der Waals surface area contributed by atoms with Crippen LogP contribution in [-0.4, -0.2) is 109 Å². The van der Waals surface area contributed by atoms with Crippen LogP contribution in [0.4, 0.5) is 0 Å². The standard InChI is InChI=1S/C29H40N3O13P.Gd.3Na/c33-26(34)15-31(24(28(37)38)19-44-17-22-7-3-1-4-8-22)13-11-30(21-46(41,42)43)12-14-32(16-27(35)36)25(29(39)40)20-45-18-23-9-5-2-6-10-23;;;;/h1-10,24-25H,11-21H2,(H,33,34)(H,35,36)(H,37,38)(H,39,40)(H2,41,42,43);;;;/q;+3;3*+1/p-6. The van der Waals surface area contributed by atoms with Gasteiger partial charge in [0, 0.05) is 45.6 Å². The van der Waals surface area contributed by atoms with Gasteiger partial charge in [-0.25, -0.2) is 0 Å². The van der Waals surface area contributed by atoms with Crippen LogP contribution in [0.2, 0.25) is 0 Å². The number of carbonyl (C=O) groups excluding carboxylic acids is 4. The molecule has 2 aromatic carbocycles.